The van der Waals surface area contributed by atoms with Gasteiger partial charge in [-0.05, 0) is 77.0 Å². The second-order valence-electron chi connectivity index (χ2n) is 16.5. The molecule has 0 amide bonds. The van der Waals surface area contributed by atoms with E-state index in [9.17, 15) is 14.4 Å². The Hall–Kier alpha value is -4.45. The zero-order valence-corrected chi connectivity index (χ0v) is 41.4. The molecule has 0 saturated carbocycles. The minimum Gasteiger partial charge on any atom is -0.462 e. The molecule has 65 heavy (non-hydrogen) atoms. The second kappa shape index (κ2) is 52.2. The van der Waals surface area contributed by atoms with Gasteiger partial charge in [-0.1, -0.05) is 238 Å². The van der Waals surface area contributed by atoms with E-state index in [2.05, 4.69) is 93.7 Å². The number of esters is 3. The van der Waals surface area contributed by atoms with Crippen molar-refractivity contribution in [2.24, 2.45) is 0 Å². The molecule has 0 aliphatic carbocycles. The number of carbonyl (C=O) groups excluding carboxylic acids is 3. The summed E-state index contributed by atoms with van der Waals surface area (Å²) in [4.78, 5) is 38.0. The SMILES string of the molecule is CC\C=C/C=C\C=C/C=C\C=C\C=C/CCCCCC(=O)OCC(COC(=O)CCCCCCCCCCCCCCC)OC(=O)CCC/C=C\C/C=C\C/C=C\C/C=C\C/C=C\CC. The molecule has 0 N–H and O–H groups in total. The maximum atomic E-state index is 12.8. The predicted molar refractivity (Wildman–Crippen MR) is 279 cm³/mol. The standard InChI is InChI=1S/C59H92O6/c1-4-7-10-13-16-19-22-25-27-29-31-34-37-40-43-46-49-52-58(61)64-55-56(54-63-57(60)51-48-45-42-39-36-33-24-21-18-15-12-9-6-3)65-59(62)53-50-47-44-41-38-35-32-30-28-26-23-20-17-14-11-8-5-2/h7-8,10-11,13,16-17,19-20,22,25-29,31-32,34-35,37,41,44,56H,4-6,9,12,14-15,18,21,23-24,30,33,36,38-40,42-43,45-55H2,1-3H3/b10-7-,11-8-,16-13-,20-17-,22-19-,27-25-,28-26-,31-29+,35-32-,37-34-,44-41-. The molecule has 0 fully saturated rings. The van der Waals surface area contributed by atoms with E-state index in [1.54, 1.807) is 0 Å². The van der Waals surface area contributed by atoms with Crippen molar-refractivity contribution in [1.82, 2.24) is 0 Å². The summed E-state index contributed by atoms with van der Waals surface area (Å²) in [6.45, 7) is 6.27. The highest BCUT2D eigenvalue weighted by Crippen LogP contribution is 2.14. The Labute approximate surface area is 398 Å². The van der Waals surface area contributed by atoms with Crippen molar-refractivity contribution >= 4 is 17.9 Å². The molecular weight excluding hydrogens is 805 g/mol. The third-order valence-electron chi connectivity index (χ3n) is 10.3. The van der Waals surface area contributed by atoms with Crippen LogP contribution >= 0.6 is 0 Å². The number of hydrogen-bond donors (Lipinski definition) is 0. The van der Waals surface area contributed by atoms with Crippen molar-refractivity contribution in [2.75, 3.05) is 13.2 Å². The van der Waals surface area contributed by atoms with Gasteiger partial charge in [-0.25, -0.2) is 0 Å². The summed E-state index contributed by atoms with van der Waals surface area (Å²) in [7, 11) is 0. The van der Waals surface area contributed by atoms with Gasteiger partial charge in [0.05, 0.1) is 0 Å². The summed E-state index contributed by atoms with van der Waals surface area (Å²) in [6.07, 6.45) is 72.9. The summed E-state index contributed by atoms with van der Waals surface area (Å²) in [5, 5.41) is 0. The van der Waals surface area contributed by atoms with Crippen molar-refractivity contribution in [3.8, 4) is 0 Å². The molecule has 6 nitrogen and oxygen atoms in total. The van der Waals surface area contributed by atoms with Gasteiger partial charge in [-0.3, -0.25) is 14.4 Å². The minimum atomic E-state index is -0.829. The number of allylic oxidation sites excluding steroid dienone is 22. The topological polar surface area (TPSA) is 78.9 Å². The predicted octanol–water partition coefficient (Wildman–Crippen LogP) is 17.1. The van der Waals surface area contributed by atoms with Gasteiger partial charge < -0.3 is 14.2 Å². The van der Waals surface area contributed by atoms with E-state index in [1.807, 2.05) is 60.8 Å². The van der Waals surface area contributed by atoms with E-state index >= 15 is 0 Å². The van der Waals surface area contributed by atoms with Crippen LogP contribution in [-0.4, -0.2) is 37.2 Å². The molecule has 0 aliphatic rings. The highest BCUT2D eigenvalue weighted by atomic mass is 16.6. The second-order valence-corrected chi connectivity index (χ2v) is 16.5. The Balaban J connectivity index is 4.60. The quantitative estimate of drug-likeness (QED) is 0.0199. The van der Waals surface area contributed by atoms with Crippen molar-refractivity contribution < 1.29 is 28.6 Å². The lowest BCUT2D eigenvalue weighted by molar-refractivity contribution is -0.167. The first kappa shape index (κ1) is 60.5. The van der Waals surface area contributed by atoms with Gasteiger partial charge >= 0.3 is 17.9 Å². The van der Waals surface area contributed by atoms with E-state index < -0.39 is 6.10 Å². The number of hydrogen-bond acceptors (Lipinski definition) is 6. The van der Waals surface area contributed by atoms with Crippen LogP contribution in [0.2, 0.25) is 0 Å². The highest BCUT2D eigenvalue weighted by molar-refractivity contribution is 5.71. The first-order valence-corrected chi connectivity index (χ1v) is 25.8. The van der Waals surface area contributed by atoms with Gasteiger partial charge in [0.25, 0.3) is 0 Å². The summed E-state index contributed by atoms with van der Waals surface area (Å²) >= 11 is 0. The Morgan fingerprint density at radius 3 is 1.15 bits per heavy atom. The summed E-state index contributed by atoms with van der Waals surface area (Å²) in [5.74, 6) is -1.03. The van der Waals surface area contributed by atoms with Crippen LogP contribution in [0.4, 0.5) is 0 Å². The van der Waals surface area contributed by atoms with Crippen LogP contribution in [0.1, 0.15) is 201 Å². The lowest BCUT2D eigenvalue weighted by atomic mass is 10.0. The van der Waals surface area contributed by atoms with Gasteiger partial charge in [-0.15, -0.1) is 0 Å². The lowest BCUT2D eigenvalue weighted by Crippen LogP contribution is -2.30. The van der Waals surface area contributed by atoms with Gasteiger partial charge in [0, 0.05) is 19.3 Å². The molecule has 0 bridgehead atoms. The lowest BCUT2D eigenvalue weighted by Gasteiger charge is -2.18. The molecule has 0 aromatic carbocycles. The maximum absolute atomic E-state index is 12.8. The number of unbranched alkanes of at least 4 members (excludes halogenated alkanes) is 16. The van der Waals surface area contributed by atoms with Crippen LogP contribution in [0.5, 0.6) is 0 Å². The van der Waals surface area contributed by atoms with Gasteiger partial charge in [0.2, 0.25) is 0 Å². The number of carbonyl (C=O) groups is 3. The fraction of sp³-hybridized carbons (Fsp3) is 0.576. The molecule has 6 heteroatoms. The van der Waals surface area contributed by atoms with Crippen LogP contribution in [0, 0.1) is 0 Å². The van der Waals surface area contributed by atoms with Crippen molar-refractivity contribution in [1.29, 1.82) is 0 Å². The molecule has 0 aliphatic heterocycles. The van der Waals surface area contributed by atoms with Crippen LogP contribution in [0.3, 0.4) is 0 Å². The van der Waals surface area contributed by atoms with Crippen molar-refractivity contribution in [3.63, 3.8) is 0 Å². The van der Waals surface area contributed by atoms with Gasteiger partial charge in [0.1, 0.15) is 13.2 Å². The number of ether oxygens (including phenoxy) is 3. The minimum absolute atomic E-state index is 0.118. The molecule has 0 heterocycles. The molecular formula is C59H92O6. The smallest absolute Gasteiger partial charge is 0.306 e. The molecule has 1 unspecified atom stereocenters. The van der Waals surface area contributed by atoms with Crippen molar-refractivity contribution in [3.05, 3.63) is 134 Å². The van der Waals surface area contributed by atoms with E-state index in [-0.39, 0.29) is 37.5 Å². The Morgan fingerprint density at radius 1 is 0.338 bits per heavy atom. The van der Waals surface area contributed by atoms with Gasteiger partial charge in [0.15, 0.2) is 6.10 Å². The molecule has 364 valence electrons. The zero-order valence-electron chi connectivity index (χ0n) is 41.4. The summed E-state index contributed by atoms with van der Waals surface area (Å²) < 4.78 is 16.7. The first-order chi connectivity index (χ1) is 32.0. The van der Waals surface area contributed by atoms with E-state index in [0.717, 1.165) is 83.5 Å². The molecule has 0 saturated heterocycles. The third-order valence-corrected chi connectivity index (χ3v) is 10.3. The third kappa shape index (κ3) is 50.4. The van der Waals surface area contributed by atoms with Gasteiger partial charge in [-0.2, -0.15) is 0 Å². The highest BCUT2D eigenvalue weighted by Gasteiger charge is 2.19. The average molecular weight is 897 g/mol. The Morgan fingerprint density at radius 2 is 0.692 bits per heavy atom. The first-order valence-electron chi connectivity index (χ1n) is 25.8. The van der Waals surface area contributed by atoms with Crippen LogP contribution in [-0.2, 0) is 28.6 Å². The average Bonchev–Trinajstić information content (AvgIpc) is 3.30. The normalized spacial score (nSPS) is 13.2. The molecule has 0 spiro atoms. The van der Waals surface area contributed by atoms with Crippen LogP contribution in [0.25, 0.3) is 0 Å². The van der Waals surface area contributed by atoms with Crippen LogP contribution < -0.4 is 0 Å². The van der Waals surface area contributed by atoms with Crippen LogP contribution in [0.15, 0.2) is 134 Å². The molecule has 0 aromatic rings. The molecule has 0 radical (unpaired) electrons. The van der Waals surface area contributed by atoms with E-state index in [4.69, 9.17) is 14.2 Å². The van der Waals surface area contributed by atoms with E-state index in [0.29, 0.717) is 25.7 Å². The number of rotatable bonds is 44. The molecule has 0 aromatic heterocycles. The molecule has 1 atom stereocenters. The largest absolute Gasteiger partial charge is 0.462 e. The fourth-order valence-electron chi connectivity index (χ4n) is 6.51. The van der Waals surface area contributed by atoms with Crippen molar-refractivity contribution in [2.45, 2.75) is 207 Å². The maximum Gasteiger partial charge on any atom is 0.306 e. The monoisotopic (exact) mass is 897 g/mol. The van der Waals surface area contributed by atoms with E-state index in [1.165, 1.54) is 64.2 Å². The Kier molecular flexibility index (Phi) is 48.6. The Bertz CT molecular complexity index is 1450. The zero-order chi connectivity index (χ0) is 47.2. The molecule has 0 rings (SSSR count). The summed E-state index contributed by atoms with van der Waals surface area (Å²) in [5.41, 5.74) is 0. The fourth-order valence-corrected chi connectivity index (χ4v) is 6.51. The summed E-state index contributed by atoms with van der Waals surface area (Å²) in [6, 6.07) is 0.